The Labute approximate surface area is 98.6 Å². The lowest BCUT2D eigenvalue weighted by atomic mass is 9.86. The lowest BCUT2D eigenvalue weighted by molar-refractivity contribution is -0.168. The summed E-state index contributed by atoms with van der Waals surface area (Å²) >= 11 is 0. The van der Waals surface area contributed by atoms with Crippen molar-refractivity contribution >= 4 is 5.91 Å². The van der Waals surface area contributed by atoms with Crippen molar-refractivity contribution in [3.63, 3.8) is 0 Å². The SMILES string of the molecule is CCC(C)(CN)C(=O)N(CCO)CC(F)(F)F. The monoisotopic (exact) mass is 256 g/mol. The van der Waals surface area contributed by atoms with Crippen molar-refractivity contribution in [1.29, 1.82) is 0 Å². The van der Waals surface area contributed by atoms with Crippen LogP contribution in [0.15, 0.2) is 0 Å². The molecule has 0 aliphatic carbocycles. The van der Waals surface area contributed by atoms with Crippen LogP contribution in [0.5, 0.6) is 0 Å². The Morgan fingerprint density at radius 1 is 1.41 bits per heavy atom. The number of alkyl halides is 3. The van der Waals surface area contributed by atoms with Crippen molar-refractivity contribution in [2.45, 2.75) is 26.4 Å². The quantitative estimate of drug-likeness (QED) is 0.736. The van der Waals surface area contributed by atoms with Crippen LogP contribution in [0.25, 0.3) is 0 Å². The molecule has 0 spiro atoms. The number of aliphatic hydroxyl groups is 1. The summed E-state index contributed by atoms with van der Waals surface area (Å²) in [5, 5.41) is 8.70. The van der Waals surface area contributed by atoms with Gasteiger partial charge in [-0.25, -0.2) is 0 Å². The number of nitrogens with zero attached hydrogens (tertiary/aromatic N) is 1. The van der Waals surface area contributed by atoms with Gasteiger partial charge in [-0.3, -0.25) is 4.79 Å². The Hall–Kier alpha value is -0.820. The highest BCUT2D eigenvalue weighted by molar-refractivity contribution is 5.82. The first kappa shape index (κ1) is 16.2. The molecule has 0 heterocycles. The third kappa shape index (κ3) is 4.91. The van der Waals surface area contributed by atoms with Crippen LogP contribution in [0, 0.1) is 5.41 Å². The number of carbonyl (C=O) groups is 1. The molecule has 0 aliphatic rings. The molecule has 0 bridgehead atoms. The number of aliphatic hydroxyl groups excluding tert-OH is 1. The second-order valence-corrected chi connectivity index (χ2v) is 4.18. The van der Waals surface area contributed by atoms with E-state index in [1.54, 1.807) is 6.92 Å². The van der Waals surface area contributed by atoms with Crippen molar-refractivity contribution in [2.75, 3.05) is 26.2 Å². The number of nitrogens with two attached hydrogens (primary N) is 1. The van der Waals surface area contributed by atoms with Crippen LogP contribution < -0.4 is 5.73 Å². The van der Waals surface area contributed by atoms with Crippen LogP contribution in [0.2, 0.25) is 0 Å². The molecule has 0 radical (unpaired) electrons. The van der Waals surface area contributed by atoms with Gasteiger partial charge in [0.15, 0.2) is 0 Å². The topological polar surface area (TPSA) is 66.6 Å². The smallest absolute Gasteiger partial charge is 0.395 e. The van der Waals surface area contributed by atoms with Crippen LogP contribution in [-0.4, -0.2) is 48.3 Å². The second kappa shape index (κ2) is 6.20. The van der Waals surface area contributed by atoms with E-state index in [0.29, 0.717) is 11.3 Å². The normalized spacial score (nSPS) is 15.5. The molecule has 0 aliphatic heterocycles. The summed E-state index contributed by atoms with van der Waals surface area (Å²) in [7, 11) is 0. The summed E-state index contributed by atoms with van der Waals surface area (Å²) in [6.45, 7) is 0.982. The molecule has 4 nitrogen and oxygen atoms in total. The Kier molecular flexibility index (Phi) is 5.91. The minimum absolute atomic E-state index is 0.0257. The molecule has 1 unspecified atom stereocenters. The third-order valence-corrected chi connectivity index (χ3v) is 2.77. The Morgan fingerprint density at radius 2 is 1.94 bits per heavy atom. The first-order chi connectivity index (χ1) is 7.70. The molecule has 3 N–H and O–H groups in total. The third-order valence-electron chi connectivity index (χ3n) is 2.77. The highest BCUT2D eigenvalue weighted by Gasteiger charge is 2.39. The predicted molar refractivity (Wildman–Crippen MR) is 57.2 cm³/mol. The molecular weight excluding hydrogens is 237 g/mol. The van der Waals surface area contributed by atoms with Gasteiger partial charge in [-0.15, -0.1) is 0 Å². The maximum atomic E-state index is 12.3. The zero-order valence-electron chi connectivity index (χ0n) is 10.0. The van der Waals surface area contributed by atoms with E-state index in [0.717, 1.165) is 0 Å². The zero-order chi connectivity index (χ0) is 13.7. The van der Waals surface area contributed by atoms with Crippen molar-refractivity contribution in [1.82, 2.24) is 4.90 Å². The molecule has 0 rings (SSSR count). The fourth-order valence-corrected chi connectivity index (χ4v) is 1.35. The molecule has 102 valence electrons. The molecular formula is C10H19F3N2O2. The molecule has 0 saturated carbocycles. The lowest BCUT2D eigenvalue weighted by Crippen LogP contribution is -2.50. The van der Waals surface area contributed by atoms with Crippen molar-refractivity contribution in [3.05, 3.63) is 0 Å². The molecule has 17 heavy (non-hydrogen) atoms. The van der Waals surface area contributed by atoms with Crippen LogP contribution in [0.1, 0.15) is 20.3 Å². The Morgan fingerprint density at radius 3 is 2.24 bits per heavy atom. The van der Waals surface area contributed by atoms with Crippen LogP contribution in [0.4, 0.5) is 13.2 Å². The molecule has 0 aromatic rings. The lowest BCUT2D eigenvalue weighted by Gasteiger charge is -2.33. The standard InChI is InChI=1S/C10H19F3N2O2/c1-3-9(2,6-14)8(17)15(4-5-16)7-10(11,12)13/h16H,3-7,14H2,1-2H3. The summed E-state index contributed by atoms with van der Waals surface area (Å²) in [4.78, 5) is 12.5. The summed E-state index contributed by atoms with van der Waals surface area (Å²) in [6.07, 6.45) is -4.13. The van der Waals surface area contributed by atoms with Gasteiger partial charge in [0.25, 0.3) is 0 Å². The zero-order valence-corrected chi connectivity index (χ0v) is 10.0. The summed E-state index contributed by atoms with van der Waals surface area (Å²) in [6, 6.07) is 0. The predicted octanol–water partition coefficient (Wildman–Crippen LogP) is 0.745. The van der Waals surface area contributed by atoms with E-state index in [2.05, 4.69) is 0 Å². The van der Waals surface area contributed by atoms with Crippen LogP contribution in [-0.2, 0) is 4.79 Å². The second-order valence-electron chi connectivity index (χ2n) is 4.18. The molecule has 7 heteroatoms. The van der Waals surface area contributed by atoms with E-state index in [1.807, 2.05) is 0 Å². The van der Waals surface area contributed by atoms with E-state index >= 15 is 0 Å². The minimum atomic E-state index is -4.48. The van der Waals surface area contributed by atoms with E-state index in [4.69, 9.17) is 10.8 Å². The molecule has 0 saturated heterocycles. The van der Waals surface area contributed by atoms with Gasteiger partial charge in [-0.1, -0.05) is 6.92 Å². The van der Waals surface area contributed by atoms with Gasteiger partial charge < -0.3 is 15.7 Å². The van der Waals surface area contributed by atoms with Gasteiger partial charge in [0.05, 0.1) is 12.0 Å². The summed E-state index contributed by atoms with van der Waals surface area (Å²) in [5.74, 6) is -0.672. The van der Waals surface area contributed by atoms with E-state index in [1.165, 1.54) is 6.92 Å². The van der Waals surface area contributed by atoms with Crippen molar-refractivity contribution < 1.29 is 23.1 Å². The van der Waals surface area contributed by atoms with Crippen molar-refractivity contribution in [3.8, 4) is 0 Å². The van der Waals surface area contributed by atoms with Gasteiger partial charge >= 0.3 is 6.18 Å². The first-order valence-corrected chi connectivity index (χ1v) is 5.37. The highest BCUT2D eigenvalue weighted by Crippen LogP contribution is 2.25. The van der Waals surface area contributed by atoms with Gasteiger partial charge in [0.1, 0.15) is 6.54 Å². The van der Waals surface area contributed by atoms with Gasteiger partial charge in [-0.05, 0) is 13.3 Å². The van der Waals surface area contributed by atoms with E-state index in [9.17, 15) is 18.0 Å². The largest absolute Gasteiger partial charge is 0.406 e. The fraction of sp³-hybridized carbons (Fsp3) is 0.900. The Balaban J connectivity index is 4.87. The number of rotatable bonds is 6. The summed E-state index contributed by atoms with van der Waals surface area (Å²) in [5.41, 5.74) is 4.41. The van der Waals surface area contributed by atoms with Gasteiger partial charge in [0.2, 0.25) is 5.91 Å². The average molecular weight is 256 g/mol. The number of carbonyl (C=O) groups excluding carboxylic acids is 1. The maximum Gasteiger partial charge on any atom is 0.406 e. The Bertz CT molecular complexity index is 252. The van der Waals surface area contributed by atoms with Gasteiger partial charge in [0, 0.05) is 13.1 Å². The maximum absolute atomic E-state index is 12.3. The van der Waals surface area contributed by atoms with Gasteiger partial charge in [-0.2, -0.15) is 13.2 Å². The summed E-state index contributed by atoms with van der Waals surface area (Å²) < 4.78 is 36.8. The first-order valence-electron chi connectivity index (χ1n) is 5.37. The average Bonchev–Trinajstić information content (AvgIpc) is 2.24. The van der Waals surface area contributed by atoms with Crippen LogP contribution >= 0.6 is 0 Å². The van der Waals surface area contributed by atoms with Crippen molar-refractivity contribution in [2.24, 2.45) is 11.1 Å². The molecule has 0 aromatic heterocycles. The molecule has 0 aromatic carbocycles. The fourth-order valence-electron chi connectivity index (χ4n) is 1.35. The number of halogens is 3. The van der Waals surface area contributed by atoms with Crippen LogP contribution in [0.3, 0.4) is 0 Å². The van der Waals surface area contributed by atoms with E-state index in [-0.39, 0.29) is 13.1 Å². The molecule has 1 atom stereocenters. The minimum Gasteiger partial charge on any atom is -0.395 e. The number of hydrogen-bond acceptors (Lipinski definition) is 3. The highest BCUT2D eigenvalue weighted by atomic mass is 19.4. The molecule has 0 fully saturated rings. The number of hydrogen-bond donors (Lipinski definition) is 2. The molecule has 1 amide bonds. The van der Waals surface area contributed by atoms with E-state index < -0.39 is 30.7 Å². The number of amides is 1.